The van der Waals surface area contributed by atoms with Gasteiger partial charge in [0.1, 0.15) is 10.6 Å². The highest BCUT2D eigenvalue weighted by molar-refractivity contribution is 7.99. The summed E-state index contributed by atoms with van der Waals surface area (Å²) in [5, 5.41) is 1.56. The van der Waals surface area contributed by atoms with Crippen molar-refractivity contribution in [1.29, 1.82) is 0 Å². The van der Waals surface area contributed by atoms with Gasteiger partial charge in [-0.05, 0) is 30.7 Å². The van der Waals surface area contributed by atoms with Gasteiger partial charge in [-0.15, -0.1) is 11.3 Å². The van der Waals surface area contributed by atoms with Crippen LogP contribution in [-0.4, -0.2) is 28.8 Å². The van der Waals surface area contributed by atoms with E-state index in [0.29, 0.717) is 16.9 Å². The van der Waals surface area contributed by atoms with Gasteiger partial charge in [0.25, 0.3) is 0 Å². The Morgan fingerprint density at radius 1 is 1.52 bits per heavy atom. The fourth-order valence-electron chi connectivity index (χ4n) is 2.60. The van der Waals surface area contributed by atoms with Gasteiger partial charge in [-0.2, -0.15) is 0 Å². The molecule has 5 nitrogen and oxygen atoms in total. The van der Waals surface area contributed by atoms with Crippen LogP contribution in [0.4, 0.5) is 5.82 Å². The highest BCUT2D eigenvalue weighted by Crippen LogP contribution is 2.39. The third-order valence-electron chi connectivity index (χ3n) is 3.71. The minimum absolute atomic E-state index is 0.198. The number of carbonyl (C=O) groups is 1. The van der Waals surface area contributed by atoms with Gasteiger partial charge in [0.05, 0.1) is 18.2 Å². The summed E-state index contributed by atoms with van der Waals surface area (Å²) in [6.45, 7) is 2.27. The number of nitrogens with two attached hydrogens (primary N) is 1. The maximum absolute atomic E-state index is 11.2. The number of ether oxygens (including phenoxy) is 1. The molecular weight excluding hydrogens is 306 g/mol. The summed E-state index contributed by atoms with van der Waals surface area (Å²) < 4.78 is 4.62. The standard InChI is InChI=1S/C14H17N3O2S2/c1-7-3-4-9-8(5-7)11-12(15)16-14(17-13(11)21-9)20-6-10(18)19-2/h7H,3-6H2,1-2H3,(H2,15,16,17). The Kier molecular flexibility index (Phi) is 4.03. The number of thioether (sulfide) groups is 1. The second-order valence-corrected chi connectivity index (χ2v) is 7.31. The Morgan fingerprint density at radius 3 is 3.10 bits per heavy atom. The van der Waals surface area contributed by atoms with Crippen molar-refractivity contribution in [2.24, 2.45) is 5.92 Å². The molecule has 1 atom stereocenters. The van der Waals surface area contributed by atoms with Gasteiger partial charge in [-0.25, -0.2) is 9.97 Å². The lowest BCUT2D eigenvalue weighted by Gasteiger charge is -2.18. The summed E-state index contributed by atoms with van der Waals surface area (Å²) in [6, 6.07) is 0. The monoisotopic (exact) mass is 323 g/mol. The lowest BCUT2D eigenvalue weighted by atomic mass is 9.89. The summed E-state index contributed by atoms with van der Waals surface area (Å²) in [7, 11) is 1.37. The number of aryl methyl sites for hydroxylation is 1. The summed E-state index contributed by atoms with van der Waals surface area (Å²) in [4.78, 5) is 22.4. The van der Waals surface area contributed by atoms with Gasteiger partial charge in [0, 0.05) is 4.88 Å². The Balaban J connectivity index is 1.96. The Hall–Kier alpha value is -1.34. The Morgan fingerprint density at radius 2 is 2.33 bits per heavy atom. The Labute approximate surface area is 131 Å². The average Bonchev–Trinajstić information content (AvgIpc) is 2.82. The molecular formula is C14H17N3O2S2. The fraction of sp³-hybridized carbons (Fsp3) is 0.500. The van der Waals surface area contributed by atoms with Crippen LogP contribution in [0.5, 0.6) is 0 Å². The van der Waals surface area contributed by atoms with Crippen LogP contribution in [0.3, 0.4) is 0 Å². The number of fused-ring (bicyclic) bond motifs is 3. The van der Waals surface area contributed by atoms with E-state index in [-0.39, 0.29) is 11.7 Å². The van der Waals surface area contributed by atoms with Gasteiger partial charge in [0.15, 0.2) is 5.16 Å². The summed E-state index contributed by atoms with van der Waals surface area (Å²) in [5.41, 5.74) is 7.47. The number of aromatic nitrogens is 2. The van der Waals surface area contributed by atoms with E-state index in [1.807, 2.05) is 0 Å². The molecule has 0 saturated heterocycles. The van der Waals surface area contributed by atoms with Crippen LogP contribution in [0.2, 0.25) is 0 Å². The first-order chi connectivity index (χ1) is 10.1. The van der Waals surface area contributed by atoms with Crippen molar-refractivity contribution in [1.82, 2.24) is 9.97 Å². The number of hydrogen-bond acceptors (Lipinski definition) is 7. The zero-order chi connectivity index (χ0) is 15.0. The van der Waals surface area contributed by atoms with Crippen molar-refractivity contribution >= 4 is 45.1 Å². The molecule has 0 amide bonds. The molecule has 21 heavy (non-hydrogen) atoms. The smallest absolute Gasteiger partial charge is 0.316 e. The van der Waals surface area contributed by atoms with Crippen LogP contribution in [0.1, 0.15) is 23.8 Å². The average molecular weight is 323 g/mol. The molecule has 1 aliphatic rings. The molecule has 2 N–H and O–H groups in total. The molecule has 1 unspecified atom stereocenters. The quantitative estimate of drug-likeness (QED) is 0.531. The number of hydrogen-bond donors (Lipinski definition) is 1. The van der Waals surface area contributed by atoms with Gasteiger partial charge < -0.3 is 10.5 Å². The van der Waals surface area contributed by atoms with Gasteiger partial charge in [0.2, 0.25) is 0 Å². The van der Waals surface area contributed by atoms with Crippen LogP contribution in [0.15, 0.2) is 5.16 Å². The van der Waals surface area contributed by atoms with E-state index < -0.39 is 0 Å². The number of anilines is 1. The molecule has 1 aliphatic carbocycles. The maximum atomic E-state index is 11.2. The minimum Gasteiger partial charge on any atom is -0.468 e. The molecule has 7 heteroatoms. The number of rotatable bonds is 3. The third-order valence-corrected chi connectivity index (χ3v) is 5.71. The van der Waals surface area contributed by atoms with Crippen LogP contribution >= 0.6 is 23.1 Å². The largest absolute Gasteiger partial charge is 0.468 e. The van der Waals surface area contributed by atoms with E-state index in [9.17, 15) is 4.79 Å². The van der Waals surface area contributed by atoms with Crippen LogP contribution < -0.4 is 5.73 Å². The molecule has 2 aromatic heterocycles. The first-order valence-corrected chi connectivity index (χ1v) is 8.66. The van der Waals surface area contributed by atoms with Crippen LogP contribution in [-0.2, 0) is 22.4 Å². The lowest BCUT2D eigenvalue weighted by molar-refractivity contribution is -0.137. The van der Waals surface area contributed by atoms with Crippen LogP contribution in [0, 0.1) is 5.92 Å². The predicted molar refractivity (Wildman–Crippen MR) is 85.8 cm³/mol. The van der Waals surface area contributed by atoms with Crippen LogP contribution in [0.25, 0.3) is 10.2 Å². The van der Waals surface area contributed by atoms with Gasteiger partial charge >= 0.3 is 5.97 Å². The molecule has 112 valence electrons. The molecule has 0 spiro atoms. The lowest BCUT2D eigenvalue weighted by Crippen LogP contribution is -2.09. The second-order valence-electron chi connectivity index (χ2n) is 5.29. The van der Waals surface area contributed by atoms with Gasteiger partial charge in [-0.3, -0.25) is 4.79 Å². The first-order valence-electron chi connectivity index (χ1n) is 6.86. The summed E-state index contributed by atoms with van der Waals surface area (Å²) in [5.74, 6) is 1.12. The number of methoxy groups -OCH3 is 1. The third kappa shape index (κ3) is 2.85. The predicted octanol–water partition coefficient (Wildman–Crippen LogP) is 2.66. The van der Waals surface area contributed by atoms with Gasteiger partial charge in [-0.1, -0.05) is 18.7 Å². The van der Waals surface area contributed by atoms with Crippen molar-refractivity contribution in [2.45, 2.75) is 31.3 Å². The van der Waals surface area contributed by atoms with E-state index in [0.717, 1.165) is 23.1 Å². The molecule has 0 aliphatic heterocycles. The molecule has 3 rings (SSSR count). The van der Waals surface area contributed by atoms with E-state index in [1.165, 1.54) is 35.7 Å². The maximum Gasteiger partial charge on any atom is 0.316 e. The molecule has 2 heterocycles. The normalized spacial score (nSPS) is 17.7. The van der Waals surface area contributed by atoms with E-state index in [1.54, 1.807) is 11.3 Å². The topological polar surface area (TPSA) is 78.1 Å². The molecule has 0 saturated carbocycles. The number of nitrogen functional groups attached to an aromatic ring is 1. The van der Waals surface area contributed by atoms with Crippen molar-refractivity contribution < 1.29 is 9.53 Å². The SMILES string of the molecule is COC(=O)CSc1nc(N)c2c3c(sc2n1)CCC(C)C3. The minimum atomic E-state index is -0.290. The van der Waals surface area contributed by atoms with Crippen molar-refractivity contribution in [2.75, 3.05) is 18.6 Å². The second kappa shape index (κ2) is 5.81. The fourth-order valence-corrected chi connectivity index (χ4v) is 4.57. The van der Waals surface area contributed by atoms with E-state index in [2.05, 4.69) is 21.6 Å². The van der Waals surface area contributed by atoms with E-state index in [4.69, 9.17) is 5.73 Å². The molecule has 0 fully saturated rings. The summed E-state index contributed by atoms with van der Waals surface area (Å²) in [6.07, 6.45) is 3.37. The van der Waals surface area contributed by atoms with E-state index >= 15 is 0 Å². The number of thiophene rings is 1. The molecule has 2 aromatic rings. The van der Waals surface area contributed by atoms with Crippen molar-refractivity contribution in [3.63, 3.8) is 0 Å². The molecule has 0 bridgehead atoms. The first kappa shape index (κ1) is 14.6. The van der Waals surface area contributed by atoms with Crippen molar-refractivity contribution in [3.05, 3.63) is 10.4 Å². The highest BCUT2D eigenvalue weighted by atomic mass is 32.2. The summed E-state index contributed by atoms with van der Waals surface area (Å²) >= 11 is 2.97. The Bertz CT molecular complexity index is 699. The number of carbonyl (C=O) groups excluding carboxylic acids is 1. The number of nitrogens with zero attached hydrogens (tertiary/aromatic N) is 2. The molecule has 0 aromatic carbocycles. The number of esters is 1. The highest BCUT2D eigenvalue weighted by Gasteiger charge is 2.23. The zero-order valence-corrected chi connectivity index (χ0v) is 13.6. The zero-order valence-electron chi connectivity index (χ0n) is 12.0. The van der Waals surface area contributed by atoms with Crippen molar-refractivity contribution in [3.8, 4) is 0 Å². The molecule has 0 radical (unpaired) electrons.